The normalized spacial score (nSPS) is 21.5. The van der Waals surface area contributed by atoms with Crippen molar-refractivity contribution < 1.29 is 91.5 Å². The van der Waals surface area contributed by atoms with Crippen LogP contribution in [-0.4, -0.2) is 78.4 Å². The third-order valence-electron chi connectivity index (χ3n) is 6.74. The topological polar surface area (TPSA) is 60.4 Å². The van der Waals surface area contributed by atoms with Crippen LogP contribution in [0.1, 0.15) is 38.5 Å². The van der Waals surface area contributed by atoms with Crippen LogP contribution in [0.2, 0.25) is 0 Å². The predicted octanol–water partition coefficient (Wildman–Crippen LogP) is 7.57. The molecule has 1 heterocycles. The number of alkyl halides is 17. The summed E-state index contributed by atoms with van der Waals surface area (Å²) in [5, 5.41) is -7.73. The quantitative estimate of drug-likeness (QED) is 0.198. The molecular weight excluding hydrogens is 679 g/mol. The van der Waals surface area contributed by atoms with Gasteiger partial charge >= 0.3 is 57.1 Å². The van der Waals surface area contributed by atoms with Crippen molar-refractivity contribution in [3.8, 4) is 0 Å². The number of ketones is 1. The molecule has 0 radical (unpaired) electrons. The van der Waals surface area contributed by atoms with Gasteiger partial charge in [0.15, 0.2) is 0 Å². The molecule has 0 atom stereocenters. The van der Waals surface area contributed by atoms with E-state index in [0.29, 0.717) is 12.8 Å². The highest BCUT2D eigenvalue weighted by Crippen LogP contribution is 2.66. The summed E-state index contributed by atoms with van der Waals surface area (Å²) in [6.07, 6.45) is -6.62. The van der Waals surface area contributed by atoms with Gasteiger partial charge in [-0.25, -0.2) is 3.63 Å². The zero-order valence-corrected chi connectivity index (χ0v) is 21.9. The summed E-state index contributed by atoms with van der Waals surface area (Å²) in [6, 6.07) is 0. The van der Waals surface area contributed by atoms with Crippen LogP contribution in [0.5, 0.6) is 0 Å². The Balaban J connectivity index is 2.54. The Kier molecular flexibility index (Phi) is 9.39. The molecule has 0 aromatic carbocycles. The number of Topliss-reactive ketones (excluding diaryl/α,β-unsaturated/α-hetero) is 1. The minimum absolute atomic E-state index is 0.103. The Labute approximate surface area is 226 Å². The highest BCUT2D eigenvalue weighted by molar-refractivity contribution is 8.33. The molecule has 1 saturated heterocycles. The molecule has 1 aliphatic heterocycles. The highest BCUT2D eigenvalue weighted by atomic mass is 32.3. The molecule has 0 bridgehead atoms. The second-order valence-electron chi connectivity index (χ2n) is 9.66. The second-order valence-corrected chi connectivity index (χ2v) is 14.7. The van der Waals surface area contributed by atoms with Crippen LogP contribution in [0.3, 0.4) is 0 Å². The lowest BCUT2D eigenvalue weighted by molar-refractivity contribution is -0.458. The van der Waals surface area contributed by atoms with Gasteiger partial charge in [0, 0.05) is 17.4 Å². The molecule has 0 aromatic rings. The molecule has 23 heteroatoms. The van der Waals surface area contributed by atoms with Gasteiger partial charge in [-0.15, -0.1) is 10.3 Å². The van der Waals surface area contributed by atoms with Crippen molar-refractivity contribution >= 4 is 26.2 Å². The molecule has 2 rings (SSSR count). The fourth-order valence-corrected chi connectivity index (χ4v) is 9.98. The SMILES string of the molecule is O=C(CS1(OS(=O)(=O)C(F)(F)C(F)(F)C(F)(F)C(F)(F)C(F)(F)C(F)(F)C(F)(F)C(F)(F)F)CCCC1)C1CCCC1. The first-order chi connectivity index (χ1) is 18.4. The third-order valence-corrected chi connectivity index (χ3v) is 12.4. The number of halogens is 17. The van der Waals surface area contributed by atoms with Gasteiger partial charge in [0.25, 0.3) is 0 Å². The van der Waals surface area contributed by atoms with E-state index in [4.69, 9.17) is 0 Å². The lowest BCUT2D eigenvalue weighted by atomic mass is 9.91. The lowest BCUT2D eigenvalue weighted by Crippen LogP contribution is -2.75. The average Bonchev–Trinajstić information content (AvgIpc) is 3.49. The van der Waals surface area contributed by atoms with Gasteiger partial charge < -0.3 is 0 Å². The number of hydrogen-bond acceptors (Lipinski definition) is 4. The zero-order chi connectivity index (χ0) is 33.2. The average molecular weight is 698 g/mol. The van der Waals surface area contributed by atoms with Crippen LogP contribution in [-0.2, 0) is 18.5 Å². The first kappa shape index (κ1) is 36.9. The van der Waals surface area contributed by atoms with Gasteiger partial charge in [-0.1, -0.05) is 12.8 Å². The van der Waals surface area contributed by atoms with Crippen LogP contribution in [0.4, 0.5) is 74.6 Å². The molecule has 0 amide bonds. The molecule has 1 saturated carbocycles. The van der Waals surface area contributed by atoms with Crippen molar-refractivity contribution in [2.75, 3.05) is 17.3 Å². The van der Waals surface area contributed by atoms with E-state index in [0.717, 1.165) is 0 Å². The van der Waals surface area contributed by atoms with Crippen molar-refractivity contribution in [3.63, 3.8) is 0 Å². The molecule has 2 fully saturated rings. The van der Waals surface area contributed by atoms with Gasteiger partial charge in [0.1, 0.15) is 5.78 Å². The van der Waals surface area contributed by atoms with E-state index in [2.05, 4.69) is 3.63 Å². The molecule has 0 aromatic heterocycles. The molecule has 0 spiro atoms. The van der Waals surface area contributed by atoms with Gasteiger partial charge in [-0.05, 0) is 25.7 Å². The third kappa shape index (κ3) is 5.33. The molecular formula is C19H19F17O4S2. The largest absolute Gasteiger partial charge is 0.460 e. The number of hydrogen-bond donors (Lipinski definition) is 0. The molecule has 0 N–H and O–H groups in total. The molecule has 2 aliphatic rings. The van der Waals surface area contributed by atoms with E-state index in [1.54, 1.807) is 0 Å². The maximum Gasteiger partial charge on any atom is 0.460 e. The van der Waals surface area contributed by atoms with Crippen LogP contribution in [0.15, 0.2) is 0 Å². The lowest BCUT2D eigenvalue weighted by Gasteiger charge is -2.43. The van der Waals surface area contributed by atoms with E-state index < -0.39 is 96.4 Å². The molecule has 42 heavy (non-hydrogen) atoms. The summed E-state index contributed by atoms with van der Waals surface area (Å²) in [5.74, 6) is -55.8. The number of rotatable bonds is 12. The van der Waals surface area contributed by atoms with Gasteiger partial charge in [0.05, 0.1) is 5.75 Å². The Morgan fingerprint density at radius 1 is 0.595 bits per heavy atom. The van der Waals surface area contributed by atoms with Crippen molar-refractivity contribution in [2.45, 2.75) is 85.5 Å². The van der Waals surface area contributed by atoms with Crippen LogP contribution >= 0.6 is 10.3 Å². The first-order valence-electron chi connectivity index (χ1n) is 11.4. The highest BCUT2D eigenvalue weighted by Gasteiger charge is 2.96. The van der Waals surface area contributed by atoms with Gasteiger partial charge in [-0.2, -0.15) is 83.1 Å². The first-order valence-corrected chi connectivity index (χ1v) is 14.8. The van der Waals surface area contributed by atoms with E-state index in [9.17, 15) is 87.8 Å². The van der Waals surface area contributed by atoms with E-state index in [1.165, 1.54) is 0 Å². The van der Waals surface area contributed by atoms with Gasteiger partial charge in [-0.3, -0.25) is 4.79 Å². The van der Waals surface area contributed by atoms with Crippen molar-refractivity contribution in [1.29, 1.82) is 0 Å². The zero-order valence-electron chi connectivity index (χ0n) is 20.3. The van der Waals surface area contributed by atoms with Crippen LogP contribution in [0, 0.1) is 5.92 Å². The Bertz CT molecular complexity index is 1120. The summed E-state index contributed by atoms with van der Waals surface area (Å²) in [5.41, 5.74) is 0. The summed E-state index contributed by atoms with van der Waals surface area (Å²) in [6.45, 7) is 0. The number of carbonyl (C=O) groups is 1. The van der Waals surface area contributed by atoms with Crippen molar-refractivity contribution in [1.82, 2.24) is 0 Å². The standard InChI is InChI=1S/C19H19F17O4S2/c20-12(21,14(24,25)16(28,29)18(32,33)34)13(22,23)15(26,27)17(30,31)19(35,36)42(38,39)40-41(7-3-4-8-41)9-11(37)10-5-1-2-6-10/h10H,1-9H2. The predicted molar refractivity (Wildman–Crippen MR) is 109 cm³/mol. The van der Waals surface area contributed by atoms with Crippen LogP contribution in [0.25, 0.3) is 0 Å². The number of carbonyl (C=O) groups excluding carboxylic acids is 1. The molecule has 0 unspecified atom stereocenters. The fourth-order valence-electron chi connectivity index (χ4n) is 4.23. The summed E-state index contributed by atoms with van der Waals surface area (Å²) in [7, 11) is -11.4. The maximum absolute atomic E-state index is 14.5. The van der Waals surface area contributed by atoms with Crippen molar-refractivity contribution in [3.05, 3.63) is 0 Å². The summed E-state index contributed by atoms with van der Waals surface area (Å²) < 4.78 is 258. The molecule has 4 nitrogen and oxygen atoms in total. The Morgan fingerprint density at radius 2 is 0.952 bits per heavy atom. The Hall–Kier alpha value is -1.26. The maximum atomic E-state index is 14.5. The monoisotopic (exact) mass is 698 g/mol. The summed E-state index contributed by atoms with van der Waals surface area (Å²) >= 11 is 0. The smallest absolute Gasteiger partial charge is 0.298 e. The van der Waals surface area contributed by atoms with E-state index >= 15 is 0 Å². The molecule has 1 aliphatic carbocycles. The molecule has 250 valence electrons. The minimum atomic E-state index is -8.91. The second kappa shape index (κ2) is 10.7. The van der Waals surface area contributed by atoms with Gasteiger partial charge in [0.2, 0.25) is 0 Å². The van der Waals surface area contributed by atoms with Crippen molar-refractivity contribution in [2.24, 2.45) is 5.92 Å². The van der Waals surface area contributed by atoms with Crippen LogP contribution < -0.4 is 0 Å². The van der Waals surface area contributed by atoms with E-state index in [-0.39, 0.29) is 25.7 Å². The fraction of sp³-hybridized carbons (Fsp3) is 0.947. The summed E-state index contributed by atoms with van der Waals surface area (Å²) in [4.78, 5) is 12.5. The Morgan fingerprint density at radius 3 is 1.33 bits per heavy atom. The van der Waals surface area contributed by atoms with E-state index in [1.807, 2.05) is 0 Å². The minimum Gasteiger partial charge on any atom is -0.298 e.